The summed E-state index contributed by atoms with van der Waals surface area (Å²) >= 11 is 0. The molecule has 0 aliphatic heterocycles. The molecule has 2 rings (SSSR count). The zero-order valence-corrected chi connectivity index (χ0v) is 20.5. The molecule has 0 radical (unpaired) electrons. The predicted octanol–water partition coefficient (Wildman–Crippen LogP) is 1.23. The Morgan fingerprint density at radius 3 is 2.41 bits per heavy atom. The highest BCUT2D eigenvalue weighted by Crippen LogP contribution is 2.23. The molecule has 4 amide bonds. The van der Waals surface area contributed by atoms with E-state index in [0.29, 0.717) is 6.54 Å². The van der Waals surface area contributed by atoms with E-state index < -0.39 is 36.3 Å². The molecule has 1 heterocycles. The molecule has 0 unspecified atom stereocenters. The number of nitrogens with one attached hydrogen (secondary N) is 4. The molecule has 0 saturated carbocycles. The van der Waals surface area contributed by atoms with Crippen LogP contribution in [0.15, 0.2) is 42.7 Å². The number of phenols is 1. The van der Waals surface area contributed by atoms with Gasteiger partial charge in [-0.2, -0.15) is 0 Å². The van der Waals surface area contributed by atoms with Crippen LogP contribution in [-0.2, 0) is 16.1 Å². The topological polar surface area (TPSA) is 188 Å². The van der Waals surface area contributed by atoms with Gasteiger partial charge in [0.05, 0.1) is 18.7 Å². The summed E-state index contributed by atoms with van der Waals surface area (Å²) in [6, 6.07) is 5.72. The summed E-state index contributed by atoms with van der Waals surface area (Å²) in [5.41, 5.74) is 0.785. The van der Waals surface area contributed by atoms with Crippen LogP contribution in [0.1, 0.15) is 29.8 Å². The highest BCUT2D eigenvalue weighted by molar-refractivity contribution is 5.97. The number of benzene rings is 1. The molecule has 13 nitrogen and oxygen atoms in total. The third-order valence-electron chi connectivity index (χ3n) is 4.68. The lowest BCUT2D eigenvalue weighted by atomic mass is 10.1. The third-order valence-corrected chi connectivity index (χ3v) is 4.68. The second-order valence-corrected chi connectivity index (χ2v) is 8.23. The van der Waals surface area contributed by atoms with Gasteiger partial charge in [0.25, 0.3) is 5.91 Å². The number of nitrogens with zero attached hydrogens (tertiary/aromatic N) is 1. The Labute approximate surface area is 213 Å². The van der Waals surface area contributed by atoms with Gasteiger partial charge in [-0.1, -0.05) is 13.8 Å². The molecule has 1 aromatic carbocycles. The number of hydrogen-bond donors (Lipinski definition) is 6. The first-order chi connectivity index (χ1) is 17.7. The van der Waals surface area contributed by atoms with Crippen LogP contribution in [0.2, 0.25) is 0 Å². The number of carbonyl (C=O) groups is 4. The van der Waals surface area contributed by atoms with Gasteiger partial charge in [-0.05, 0) is 35.7 Å². The lowest BCUT2D eigenvalue weighted by molar-refractivity contribution is -0.139. The van der Waals surface area contributed by atoms with E-state index in [4.69, 9.17) is 9.47 Å². The molecule has 2 aromatic rings. The highest BCUT2D eigenvalue weighted by atomic mass is 16.5. The van der Waals surface area contributed by atoms with Crippen molar-refractivity contribution in [3.05, 3.63) is 53.9 Å². The van der Waals surface area contributed by atoms with Crippen LogP contribution in [0.5, 0.6) is 11.5 Å². The average molecular weight is 518 g/mol. The molecule has 13 heteroatoms. The molecule has 0 saturated heterocycles. The Morgan fingerprint density at radius 1 is 1.03 bits per heavy atom. The number of carboxylic acids is 1. The van der Waals surface area contributed by atoms with E-state index in [0.717, 1.165) is 5.56 Å². The fourth-order valence-corrected chi connectivity index (χ4v) is 2.79. The summed E-state index contributed by atoms with van der Waals surface area (Å²) in [4.78, 5) is 51.2. The Bertz CT molecular complexity index is 1060. The van der Waals surface area contributed by atoms with Gasteiger partial charge in [0, 0.05) is 31.5 Å². The fourth-order valence-electron chi connectivity index (χ4n) is 2.79. The Balaban J connectivity index is 1.76. The molecule has 1 aromatic heterocycles. The number of pyridine rings is 1. The average Bonchev–Trinajstić information content (AvgIpc) is 2.87. The molecular weight excluding hydrogens is 486 g/mol. The number of phenolic OH excluding ortho intramolecular Hbond substituents is 1. The largest absolute Gasteiger partial charge is 0.507 e. The number of urea groups is 1. The van der Waals surface area contributed by atoms with Crippen molar-refractivity contribution in [3.63, 3.8) is 0 Å². The minimum Gasteiger partial charge on any atom is -0.507 e. The highest BCUT2D eigenvalue weighted by Gasteiger charge is 2.22. The minimum atomic E-state index is -1.43. The lowest BCUT2D eigenvalue weighted by Crippen LogP contribution is -2.48. The van der Waals surface area contributed by atoms with E-state index in [-0.39, 0.29) is 43.0 Å². The van der Waals surface area contributed by atoms with Crippen LogP contribution in [0, 0.1) is 5.92 Å². The van der Waals surface area contributed by atoms with Crippen LogP contribution in [-0.4, -0.2) is 71.5 Å². The number of ether oxygens (including phenoxy) is 2. The number of rotatable bonds is 13. The second kappa shape index (κ2) is 14.8. The van der Waals surface area contributed by atoms with Crippen molar-refractivity contribution in [2.24, 2.45) is 5.92 Å². The van der Waals surface area contributed by atoms with E-state index in [2.05, 4.69) is 26.3 Å². The summed E-state index contributed by atoms with van der Waals surface area (Å²) < 4.78 is 10.3. The van der Waals surface area contributed by atoms with E-state index in [1.54, 1.807) is 24.5 Å². The van der Waals surface area contributed by atoms with Gasteiger partial charge in [0.15, 0.2) is 0 Å². The first-order valence-corrected chi connectivity index (χ1v) is 11.5. The third kappa shape index (κ3) is 10.7. The maximum Gasteiger partial charge on any atom is 0.407 e. The molecule has 37 heavy (non-hydrogen) atoms. The van der Waals surface area contributed by atoms with Crippen LogP contribution in [0.3, 0.4) is 0 Å². The van der Waals surface area contributed by atoms with Gasteiger partial charge in [-0.25, -0.2) is 14.4 Å². The lowest BCUT2D eigenvalue weighted by Gasteiger charge is -2.16. The minimum absolute atomic E-state index is 0.0717. The Hall–Kier alpha value is -4.55. The van der Waals surface area contributed by atoms with Crippen LogP contribution < -0.4 is 26.0 Å². The number of aromatic nitrogens is 1. The fraction of sp³-hybridized carbons (Fsp3) is 0.375. The first-order valence-electron chi connectivity index (χ1n) is 11.5. The van der Waals surface area contributed by atoms with Gasteiger partial charge < -0.3 is 41.0 Å². The van der Waals surface area contributed by atoms with Crippen LogP contribution >= 0.6 is 0 Å². The summed E-state index contributed by atoms with van der Waals surface area (Å²) in [6.45, 7) is 3.97. The van der Waals surface area contributed by atoms with Gasteiger partial charge in [-0.3, -0.25) is 9.78 Å². The molecular formula is C24H31N5O8. The van der Waals surface area contributed by atoms with Crippen LogP contribution in [0.25, 0.3) is 0 Å². The molecule has 6 N–H and O–H groups in total. The predicted molar refractivity (Wildman–Crippen MR) is 131 cm³/mol. The maximum absolute atomic E-state index is 12.4. The van der Waals surface area contributed by atoms with Crippen molar-refractivity contribution in [1.82, 2.24) is 26.3 Å². The zero-order valence-electron chi connectivity index (χ0n) is 20.5. The van der Waals surface area contributed by atoms with E-state index in [9.17, 15) is 29.4 Å². The SMILES string of the molecule is CC(C)COC(=O)N[C@@H](CNC(=O)c1ccc(OCCNC(=O)NCc2ccncc2)cc1O)C(=O)O. The smallest absolute Gasteiger partial charge is 0.407 e. The summed E-state index contributed by atoms with van der Waals surface area (Å²) in [7, 11) is 0. The monoisotopic (exact) mass is 517 g/mol. The van der Waals surface area contributed by atoms with E-state index in [1.807, 2.05) is 13.8 Å². The van der Waals surface area contributed by atoms with Gasteiger partial charge in [0.2, 0.25) is 0 Å². The van der Waals surface area contributed by atoms with Gasteiger partial charge in [0.1, 0.15) is 24.1 Å². The van der Waals surface area contributed by atoms with Crippen molar-refractivity contribution < 1.29 is 38.9 Å². The van der Waals surface area contributed by atoms with Crippen molar-refractivity contribution in [2.75, 3.05) is 26.3 Å². The van der Waals surface area contributed by atoms with E-state index in [1.165, 1.54) is 18.2 Å². The summed E-state index contributed by atoms with van der Waals surface area (Å²) in [5, 5.41) is 29.3. The van der Waals surface area contributed by atoms with Crippen molar-refractivity contribution in [2.45, 2.75) is 26.4 Å². The number of amides is 4. The molecule has 0 spiro atoms. The quantitative estimate of drug-likeness (QED) is 0.212. The number of hydrogen-bond acceptors (Lipinski definition) is 8. The van der Waals surface area contributed by atoms with E-state index >= 15 is 0 Å². The van der Waals surface area contributed by atoms with Crippen molar-refractivity contribution in [1.29, 1.82) is 0 Å². The molecule has 1 atom stereocenters. The first kappa shape index (κ1) is 28.7. The molecule has 0 fully saturated rings. The molecule has 0 bridgehead atoms. The molecule has 200 valence electrons. The summed E-state index contributed by atoms with van der Waals surface area (Å²) in [5.74, 6) is -2.18. The maximum atomic E-state index is 12.4. The van der Waals surface area contributed by atoms with Crippen molar-refractivity contribution >= 4 is 24.0 Å². The van der Waals surface area contributed by atoms with Crippen LogP contribution in [0.4, 0.5) is 9.59 Å². The standard InChI is InChI=1S/C24H31N5O8/c1-15(2)14-37-24(35)29-19(22(32)33)13-27-21(31)18-4-3-17(11-20(18)30)36-10-9-26-23(34)28-12-16-5-7-25-8-6-16/h3-8,11,15,19,30H,9-10,12-14H2,1-2H3,(H,27,31)(H,29,35)(H,32,33)(H2,26,28,34)/t19-/m0/s1. The number of alkyl carbamates (subject to hydrolysis) is 1. The number of carboxylic acid groups (broad SMARTS) is 1. The number of carbonyl (C=O) groups excluding carboxylic acids is 3. The van der Waals surface area contributed by atoms with Gasteiger partial charge in [-0.15, -0.1) is 0 Å². The Kier molecular flexibility index (Phi) is 11.4. The zero-order chi connectivity index (χ0) is 27.2. The molecule has 0 aliphatic rings. The second-order valence-electron chi connectivity index (χ2n) is 8.23. The normalized spacial score (nSPS) is 11.2. The number of aromatic hydroxyl groups is 1. The van der Waals surface area contributed by atoms with Crippen molar-refractivity contribution in [3.8, 4) is 11.5 Å². The van der Waals surface area contributed by atoms with Gasteiger partial charge >= 0.3 is 18.1 Å². The number of aliphatic carboxylic acids is 1. The summed E-state index contributed by atoms with van der Waals surface area (Å²) in [6.07, 6.45) is 2.34. The molecule has 0 aliphatic carbocycles. The Morgan fingerprint density at radius 2 is 1.76 bits per heavy atom.